The van der Waals surface area contributed by atoms with Gasteiger partial charge in [0.1, 0.15) is 5.60 Å². The largest absolute Gasteiger partial charge is 0.444 e. The molecule has 1 amide bonds. The zero-order valence-electron chi connectivity index (χ0n) is 12.8. The van der Waals surface area contributed by atoms with E-state index in [0.717, 1.165) is 17.5 Å². The summed E-state index contributed by atoms with van der Waals surface area (Å²) in [5.74, 6) is 0. The Labute approximate surface area is 120 Å². The summed E-state index contributed by atoms with van der Waals surface area (Å²) in [6.07, 6.45) is 0.494. The molecule has 0 aromatic heterocycles. The Bertz CT molecular complexity index is 506. The number of nitrogens with two attached hydrogens (primary N) is 1. The minimum atomic E-state index is -0.471. The van der Waals surface area contributed by atoms with Gasteiger partial charge in [-0.05, 0) is 45.2 Å². The summed E-state index contributed by atoms with van der Waals surface area (Å²) in [5, 5.41) is 0. The maximum Gasteiger partial charge on any atom is 0.410 e. The highest BCUT2D eigenvalue weighted by Gasteiger charge is 2.26. The van der Waals surface area contributed by atoms with Gasteiger partial charge >= 0.3 is 6.09 Å². The zero-order valence-corrected chi connectivity index (χ0v) is 12.8. The Morgan fingerprint density at radius 3 is 2.75 bits per heavy atom. The van der Waals surface area contributed by atoms with Crippen LogP contribution in [0.2, 0.25) is 0 Å². The van der Waals surface area contributed by atoms with E-state index in [4.69, 9.17) is 10.5 Å². The third-order valence-electron chi connectivity index (χ3n) is 3.42. The van der Waals surface area contributed by atoms with Gasteiger partial charge < -0.3 is 15.4 Å². The Kier molecular flexibility index (Phi) is 4.04. The number of ether oxygens (including phenoxy) is 1. The number of hydrogen-bond acceptors (Lipinski definition) is 3. The second kappa shape index (κ2) is 5.44. The molecule has 4 heteroatoms. The first-order valence-corrected chi connectivity index (χ1v) is 7.09. The van der Waals surface area contributed by atoms with Crippen molar-refractivity contribution >= 4 is 6.09 Å². The molecule has 110 valence electrons. The van der Waals surface area contributed by atoms with E-state index in [9.17, 15) is 4.79 Å². The van der Waals surface area contributed by atoms with Gasteiger partial charge in [-0.3, -0.25) is 0 Å². The van der Waals surface area contributed by atoms with E-state index in [-0.39, 0.29) is 12.1 Å². The molecule has 0 bridgehead atoms. The molecule has 0 fully saturated rings. The first-order valence-electron chi connectivity index (χ1n) is 7.09. The molecule has 0 unspecified atom stereocenters. The van der Waals surface area contributed by atoms with Crippen molar-refractivity contribution in [1.82, 2.24) is 4.90 Å². The van der Waals surface area contributed by atoms with E-state index >= 15 is 0 Å². The fraction of sp³-hybridized carbons (Fsp3) is 0.562. The van der Waals surface area contributed by atoms with E-state index < -0.39 is 5.60 Å². The summed E-state index contributed by atoms with van der Waals surface area (Å²) in [7, 11) is 0. The number of hydrogen-bond donors (Lipinski definition) is 1. The number of benzene rings is 1. The Morgan fingerprint density at radius 2 is 2.10 bits per heavy atom. The molecule has 0 radical (unpaired) electrons. The van der Waals surface area contributed by atoms with Gasteiger partial charge in [0.2, 0.25) is 0 Å². The molecule has 0 spiro atoms. The number of amides is 1. The summed E-state index contributed by atoms with van der Waals surface area (Å²) in [5.41, 5.74) is 9.22. The lowest BCUT2D eigenvalue weighted by atomic mass is 9.98. The summed E-state index contributed by atoms with van der Waals surface area (Å²) in [6, 6.07) is 6.23. The van der Waals surface area contributed by atoms with E-state index in [1.165, 1.54) is 5.56 Å². The molecule has 1 heterocycles. The third-order valence-corrected chi connectivity index (χ3v) is 3.42. The Morgan fingerprint density at radius 1 is 1.40 bits per heavy atom. The van der Waals surface area contributed by atoms with Crippen molar-refractivity contribution in [2.24, 2.45) is 5.73 Å². The number of aryl methyl sites for hydroxylation is 1. The van der Waals surface area contributed by atoms with Crippen LogP contribution in [0.4, 0.5) is 4.79 Å². The van der Waals surface area contributed by atoms with Crippen molar-refractivity contribution in [3.05, 3.63) is 34.9 Å². The van der Waals surface area contributed by atoms with E-state index in [2.05, 4.69) is 25.1 Å². The van der Waals surface area contributed by atoms with Crippen molar-refractivity contribution in [3.8, 4) is 0 Å². The topological polar surface area (TPSA) is 55.6 Å². The summed E-state index contributed by atoms with van der Waals surface area (Å²) < 4.78 is 5.45. The SMILES string of the molecule is Cc1ccc2c(c1)[C@@H](N)CCN(C(=O)OC(C)(C)C)C2. The average molecular weight is 276 g/mol. The minimum absolute atomic E-state index is 0.0164. The highest BCUT2D eigenvalue weighted by molar-refractivity contribution is 5.68. The molecule has 20 heavy (non-hydrogen) atoms. The van der Waals surface area contributed by atoms with Crippen LogP contribution in [0, 0.1) is 6.92 Å². The van der Waals surface area contributed by atoms with Gasteiger partial charge in [0, 0.05) is 19.1 Å². The molecule has 2 rings (SSSR count). The summed E-state index contributed by atoms with van der Waals surface area (Å²) >= 11 is 0. The van der Waals surface area contributed by atoms with Crippen LogP contribution in [0.25, 0.3) is 0 Å². The smallest absolute Gasteiger partial charge is 0.410 e. The normalized spacial score (nSPS) is 19.2. The minimum Gasteiger partial charge on any atom is -0.444 e. The standard InChI is InChI=1S/C16H24N2O2/c1-11-5-6-12-10-18(15(19)20-16(2,3)4)8-7-14(17)13(12)9-11/h5-6,9,14H,7-8,10,17H2,1-4H3/t14-/m0/s1. The molecule has 1 atom stereocenters. The van der Waals surface area contributed by atoms with Gasteiger partial charge in [-0.2, -0.15) is 0 Å². The highest BCUT2D eigenvalue weighted by Crippen LogP contribution is 2.26. The lowest BCUT2D eigenvalue weighted by molar-refractivity contribution is 0.0235. The van der Waals surface area contributed by atoms with Gasteiger partial charge in [-0.25, -0.2) is 4.79 Å². The van der Waals surface area contributed by atoms with Gasteiger partial charge in [0.05, 0.1) is 0 Å². The van der Waals surface area contributed by atoms with Crippen molar-refractivity contribution in [1.29, 1.82) is 0 Å². The predicted molar refractivity (Wildman–Crippen MR) is 79.4 cm³/mol. The van der Waals surface area contributed by atoms with Gasteiger partial charge in [0.15, 0.2) is 0 Å². The van der Waals surface area contributed by atoms with Crippen LogP contribution in [-0.2, 0) is 11.3 Å². The zero-order chi connectivity index (χ0) is 14.9. The van der Waals surface area contributed by atoms with Gasteiger partial charge in [-0.1, -0.05) is 23.8 Å². The Hall–Kier alpha value is -1.55. The predicted octanol–water partition coefficient (Wildman–Crippen LogP) is 3.14. The van der Waals surface area contributed by atoms with Crippen LogP contribution >= 0.6 is 0 Å². The van der Waals surface area contributed by atoms with Crippen LogP contribution in [-0.4, -0.2) is 23.1 Å². The molecule has 0 aliphatic carbocycles. The van der Waals surface area contributed by atoms with Crippen LogP contribution in [0.5, 0.6) is 0 Å². The molecule has 0 saturated heterocycles. The molecule has 1 aromatic rings. The molecule has 0 saturated carbocycles. The Balaban J connectivity index is 2.20. The average Bonchev–Trinajstić information content (AvgIpc) is 2.48. The lowest BCUT2D eigenvalue weighted by Gasteiger charge is -2.26. The van der Waals surface area contributed by atoms with Crippen molar-refractivity contribution in [2.45, 2.75) is 52.3 Å². The summed E-state index contributed by atoms with van der Waals surface area (Å²) in [4.78, 5) is 14.0. The number of fused-ring (bicyclic) bond motifs is 1. The van der Waals surface area contributed by atoms with E-state index in [1.807, 2.05) is 20.8 Å². The van der Waals surface area contributed by atoms with Gasteiger partial charge in [0.25, 0.3) is 0 Å². The van der Waals surface area contributed by atoms with Gasteiger partial charge in [-0.15, -0.1) is 0 Å². The van der Waals surface area contributed by atoms with Crippen LogP contribution in [0.1, 0.15) is 49.9 Å². The molecule has 1 aromatic carbocycles. The molecule has 2 N–H and O–H groups in total. The first-order chi connectivity index (χ1) is 9.26. The van der Waals surface area contributed by atoms with Crippen LogP contribution < -0.4 is 5.73 Å². The first kappa shape index (κ1) is 14.9. The maximum absolute atomic E-state index is 12.2. The number of carbonyl (C=O) groups is 1. The fourth-order valence-electron chi connectivity index (χ4n) is 2.42. The third kappa shape index (κ3) is 3.51. The molecule has 1 aliphatic heterocycles. The molecular formula is C16H24N2O2. The molecule has 1 aliphatic rings. The quantitative estimate of drug-likeness (QED) is 0.792. The summed E-state index contributed by atoms with van der Waals surface area (Å²) in [6.45, 7) is 8.90. The number of nitrogens with zero attached hydrogens (tertiary/aromatic N) is 1. The van der Waals surface area contributed by atoms with Crippen molar-refractivity contribution in [3.63, 3.8) is 0 Å². The van der Waals surface area contributed by atoms with E-state index in [1.54, 1.807) is 4.90 Å². The van der Waals surface area contributed by atoms with Crippen LogP contribution in [0.15, 0.2) is 18.2 Å². The van der Waals surface area contributed by atoms with Crippen LogP contribution in [0.3, 0.4) is 0 Å². The van der Waals surface area contributed by atoms with Crippen molar-refractivity contribution in [2.75, 3.05) is 6.54 Å². The lowest BCUT2D eigenvalue weighted by Crippen LogP contribution is -2.36. The highest BCUT2D eigenvalue weighted by atomic mass is 16.6. The molecule has 4 nitrogen and oxygen atoms in total. The monoisotopic (exact) mass is 276 g/mol. The van der Waals surface area contributed by atoms with Crippen molar-refractivity contribution < 1.29 is 9.53 Å². The number of rotatable bonds is 0. The second-order valence-electron chi connectivity index (χ2n) is 6.50. The van der Waals surface area contributed by atoms with E-state index in [0.29, 0.717) is 13.1 Å². The fourth-order valence-corrected chi connectivity index (χ4v) is 2.42. The molecular weight excluding hydrogens is 252 g/mol. The maximum atomic E-state index is 12.2. The number of carbonyl (C=O) groups excluding carboxylic acids is 1. The second-order valence-corrected chi connectivity index (χ2v) is 6.50.